The molecule has 1 saturated heterocycles. The predicted octanol–water partition coefficient (Wildman–Crippen LogP) is 3.61. The van der Waals surface area contributed by atoms with Gasteiger partial charge in [-0.2, -0.15) is 0 Å². The Labute approximate surface area is 172 Å². The molecule has 29 heavy (non-hydrogen) atoms. The molecule has 1 atom stereocenters. The lowest BCUT2D eigenvalue weighted by atomic mass is 10.0. The van der Waals surface area contributed by atoms with E-state index in [0.717, 1.165) is 24.4 Å². The molecule has 2 N–H and O–H groups in total. The van der Waals surface area contributed by atoms with Gasteiger partial charge in [0.05, 0.1) is 13.2 Å². The monoisotopic (exact) mass is 395 g/mol. The smallest absolute Gasteiger partial charge is 0.251 e. The number of piperidine rings is 1. The number of nitrogens with zero attached hydrogens (tertiary/aromatic N) is 1. The number of para-hydroxylation sites is 1. The van der Waals surface area contributed by atoms with Gasteiger partial charge in [-0.15, -0.1) is 0 Å². The molecule has 0 radical (unpaired) electrons. The second-order valence-electron chi connectivity index (χ2n) is 7.32. The molecule has 1 aliphatic rings. The van der Waals surface area contributed by atoms with Gasteiger partial charge in [0.15, 0.2) is 0 Å². The molecule has 0 aromatic heterocycles. The second kappa shape index (κ2) is 10.1. The quantitative estimate of drug-likeness (QED) is 0.751. The summed E-state index contributed by atoms with van der Waals surface area (Å²) in [5.41, 5.74) is 2.34. The molecule has 6 heteroatoms. The summed E-state index contributed by atoms with van der Waals surface area (Å²) in [6, 6.07) is 15.0. The number of likely N-dealkylation sites (tertiary alicyclic amines) is 1. The Balaban J connectivity index is 1.72. The Morgan fingerprint density at radius 1 is 1.03 bits per heavy atom. The van der Waals surface area contributed by atoms with Crippen molar-refractivity contribution >= 4 is 17.5 Å². The highest BCUT2D eigenvalue weighted by atomic mass is 16.5. The number of anilines is 1. The van der Waals surface area contributed by atoms with Gasteiger partial charge in [-0.25, -0.2) is 0 Å². The number of hydrogen-bond donors (Lipinski definition) is 2. The van der Waals surface area contributed by atoms with E-state index in [0.29, 0.717) is 17.8 Å². The Kier molecular flexibility index (Phi) is 7.25. The lowest BCUT2D eigenvalue weighted by Gasteiger charge is -2.35. The zero-order chi connectivity index (χ0) is 20.6. The summed E-state index contributed by atoms with van der Waals surface area (Å²) in [4.78, 5) is 26.3. The van der Waals surface area contributed by atoms with Gasteiger partial charge in [0.25, 0.3) is 5.91 Å². The van der Waals surface area contributed by atoms with Gasteiger partial charge in [0.2, 0.25) is 5.91 Å². The molecule has 1 unspecified atom stereocenters. The van der Waals surface area contributed by atoms with Crippen molar-refractivity contribution in [3.8, 4) is 5.75 Å². The minimum atomic E-state index is -0.136. The third-order valence-electron chi connectivity index (χ3n) is 5.25. The third kappa shape index (κ3) is 5.57. The SMILES string of the molecule is COc1ccccc1C(CNC(=O)c1ccc(NC(C)=O)cc1)N1CCCCC1. The van der Waals surface area contributed by atoms with Crippen molar-refractivity contribution in [2.75, 3.05) is 32.1 Å². The Morgan fingerprint density at radius 3 is 2.38 bits per heavy atom. The Hall–Kier alpha value is -2.86. The molecule has 2 amide bonds. The van der Waals surface area contributed by atoms with Crippen molar-refractivity contribution in [2.24, 2.45) is 0 Å². The number of nitrogens with one attached hydrogen (secondary N) is 2. The maximum absolute atomic E-state index is 12.7. The Morgan fingerprint density at radius 2 is 1.72 bits per heavy atom. The van der Waals surface area contributed by atoms with Crippen LogP contribution in [-0.2, 0) is 4.79 Å². The van der Waals surface area contributed by atoms with Gasteiger partial charge >= 0.3 is 0 Å². The van der Waals surface area contributed by atoms with Crippen molar-refractivity contribution < 1.29 is 14.3 Å². The molecule has 1 heterocycles. The van der Waals surface area contributed by atoms with E-state index in [9.17, 15) is 9.59 Å². The molecule has 0 bridgehead atoms. The number of rotatable bonds is 7. The number of amides is 2. The van der Waals surface area contributed by atoms with E-state index < -0.39 is 0 Å². The van der Waals surface area contributed by atoms with E-state index in [1.54, 1.807) is 31.4 Å². The van der Waals surface area contributed by atoms with Gasteiger partial charge in [0.1, 0.15) is 5.75 Å². The van der Waals surface area contributed by atoms with Gasteiger partial charge < -0.3 is 15.4 Å². The molecule has 2 aromatic carbocycles. The van der Waals surface area contributed by atoms with Crippen molar-refractivity contribution in [1.82, 2.24) is 10.2 Å². The molecule has 154 valence electrons. The fourth-order valence-electron chi connectivity index (χ4n) is 3.81. The number of hydrogen-bond acceptors (Lipinski definition) is 4. The normalized spacial score (nSPS) is 15.4. The first kappa shape index (κ1) is 20.9. The minimum Gasteiger partial charge on any atom is -0.496 e. The summed E-state index contributed by atoms with van der Waals surface area (Å²) in [6.07, 6.45) is 3.59. The van der Waals surface area contributed by atoms with Crippen LogP contribution in [0, 0.1) is 0 Å². The number of benzene rings is 2. The van der Waals surface area contributed by atoms with Gasteiger partial charge in [-0.3, -0.25) is 14.5 Å². The van der Waals surface area contributed by atoms with Crippen LogP contribution in [-0.4, -0.2) is 43.5 Å². The first-order valence-corrected chi connectivity index (χ1v) is 10.1. The summed E-state index contributed by atoms with van der Waals surface area (Å²) in [5, 5.41) is 5.79. The van der Waals surface area contributed by atoms with Gasteiger partial charge in [-0.05, 0) is 56.3 Å². The van der Waals surface area contributed by atoms with E-state index in [2.05, 4.69) is 21.6 Å². The van der Waals surface area contributed by atoms with Crippen LogP contribution in [0.4, 0.5) is 5.69 Å². The summed E-state index contributed by atoms with van der Waals surface area (Å²) < 4.78 is 5.58. The lowest BCUT2D eigenvalue weighted by molar-refractivity contribution is -0.114. The van der Waals surface area contributed by atoms with Crippen LogP contribution in [0.25, 0.3) is 0 Å². The largest absolute Gasteiger partial charge is 0.496 e. The molecule has 0 aliphatic carbocycles. The second-order valence-corrected chi connectivity index (χ2v) is 7.32. The average Bonchev–Trinajstić information content (AvgIpc) is 2.75. The summed E-state index contributed by atoms with van der Waals surface area (Å²) in [5.74, 6) is 0.580. The standard InChI is InChI=1S/C23H29N3O3/c1-17(27)25-19-12-10-18(11-13-19)23(28)24-16-21(26-14-6-3-7-15-26)20-8-4-5-9-22(20)29-2/h4-5,8-13,21H,3,6-7,14-16H2,1-2H3,(H,24,28)(H,25,27). The highest BCUT2D eigenvalue weighted by Crippen LogP contribution is 2.31. The number of carbonyl (C=O) groups excluding carboxylic acids is 2. The van der Waals surface area contributed by atoms with Crippen LogP contribution in [0.2, 0.25) is 0 Å². The topological polar surface area (TPSA) is 70.7 Å². The Bertz CT molecular complexity index is 830. The van der Waals surface area contributed by atoms with Gasteiger partial charge in [-0.1, -0.05) is 24.6 Å². The maximum Gasteiger partial charge on any atom is 0.251 e. The van der Waals surface area contributed by atoms with Crippen molar-refractivity contribution in [3.63, 3.8) is 0 Å². The fourth-order valence-corrected chi connectivity index (χ4v) is 3.81. The van der Waals surface area contributed by atoms with E-state index in [1.165, 1.54) is 26.2 Å². The van der Waals surface area contributed by atoms with Crippen molar-refractivity contribution in [1.29, 1.82) is 0 Å². The van der Waals surface area contributed by atoms with Crippen LogP contribution in [0.5, 0.6) is 5.75 Å². The molecule has 6 nitrogen and oxygen atoms in total. The van der Waals surface area contributed by atoms with E-state index in [1.807, 2.05) is 18.2 Å². The molecule has 2 aromatic rings. The first-order chi connectivity index (χ1) is 14.1. The number of ether oxygens (including phenoxy) is 1. The van der Waals surface area contributed by atoms with Crippen LogP contribution in [0.1, 0.15) is 48.1 Å². The van der Waals surface area contributed by atoms with Crippen molar-refractivity contribution in [2.45, 2.75) is 32.2 Å². The van der Waals surface area contributed by atoms with E-state index in [-0.39, 0.29) is 17.9 Å². The summed E-state index contributed by atoms with van der Waals surface area (Å²) in [7, 11) is 1.68. The molecular formula is C23H29N3O3. The minimum absolute atomic E-state index is 0.0639. The van der Waals surface area contributed by atoms with Crippen LogP contribution >= 0.6 is 0 Å². The van der Waals surface area contributed by atoms with Crippen LogP contribution in [0.15, 0.2) is 48.5 Å². The fraction of sp³-hybridized carbons (Fsp3) is 0.391. The molecule has 1 aliphatic heterocycles. The average molecular weight is 396 g/mol. The summed E-state index contributed by atoms with van der Waals surface area (Å²) in [6.45, 7) is 4.00. The first-order valence-electron chi connectivity index (χ1n) is 10.1. The molecule has 0 spiro atoms. The molecule has 0 saturated carbocycles. The zero-order valence-corrected chi connectivity index (χ0v) is 17.1. The maximum atomic E-state index is 12.7. The molecule has 3 rings (SSSR count). The van der Waals surface area contributed by atoms with Crippen LogP contribution in [0.3, 0.4) is 0 Å². The van der Waals surface area contributed by atoms with E-state index >= 15 is 0 Å². The molecule has 1 fully saturated rings. The third-order valence-corrected chi connectivity index (χ3v) is 5.25. The number of methoxy groups -OCH3 is 1. The highest BCUT2D eigenvalue weighted by Gasteiger charge is 2.25. The lowest BCUT2D eigenvalue weighted by Crippen LogP contribution is -2.40. The van der Waals surface area contributed by atoms with E-state index in [4.69, 9.17) is 4.74 Å². The zero-order valence-electron chi connectivity index (χ0n) is 17.1. The summed E-state index contributed by atoms with van der Waals surface area (Å²) >= 11 is 0. The van der Waals surface area contributed by atoms with Crippen molar-refractivity contribution in [3.05, 3.63) is 59.7 Å². The predicted molar refractivity (Wildman–Crippen MR) is 114 cm³/mol. The highest BCUT2D eigenvalue weighted by molar-refractivity contribution is 5.95. The van der Waals surface area contributed by atoms with Crippen LogP contribution < -0.4 is 15.4 Å². The number of carbonyl (C=O) groups is 2. The van der Waals surface area contributed by atoms with Gasteiger partial charge in [0, 0.05) is 30.3 Å². The molecular weight excluding hydrogens is 366 g/mol.